The van der Waals surface area contributed by atoms with Crippen molar-refractivity contribution in [3.63, 3.8) is 0 Å². The van der Waals surface area contributed by atoms with E-state index >= 15 is 0 Å². The van der Waals surface area contributed by atoms with Gasteiger partial charge in [-0.2, -0.15) is 0 Å². The fraction of sp³-hybridized carbons (Fsp3) is 0.333. The van der Waals surface area contributed by atoms with Crippen molar-refractivity contribution in [1.29, 1.82) is 0 Å². The Morgan fingerprint density at radius 2 is 1.76 bits per heavy atom. The smallest absolute Gasteiger partial charge is 0.344 e. The van der Waals surface area contributed by atoms with Gasteiger partial charge < -0.3 is 14.8 Å². The molecule has 0 bridgehead atoms. The third-order valence-corrected chi connectivity index (χ3v) is 4.18. The molecule has 8 heteroatoms. The summed E-state index contributed by atoms with van der Waals surface area (Å²) in [5.41, 5.74) is 0.910. The van der Waals surface area contributed by atoms with E-state index in [0.29, 0.717) is 0 Å². The minimum atomic E-state index is -0.981. The summed E-state index contributed by atoms with van der Waals surface area (Å²) in [4.78, 5) is 34.5. The van der Waals surface area contributed by atoms with Gasteiger partial charge in [-0.3, -0.25) is 14.9 Å². The highest BCUT2D eigenvalue weighted by molar-refractivity contribution is 5.84. The largest absolute Gasteiger partial charge is 0.482 e. The maximum atomic E-state index is 12.4. The fourth-order valence-electron chi connectivity index (χ4n) is 2.68. The van der Waals surface area contributed by atoms with Gasteiger partial charge in [0.15, 0.2) is 12.7 Å². The van der Waals surface area contributed by atoms with Crippen molar-refractivity contribution < 1.29 is 24.0 Å². The highest BCUT2D eigenvalue weighted by atomic mass is 16.6. The molecule has 0 aliphatic rings. The molecule has 0 heterocycles. The highest BCUT2D eigenvalue weighted by Gasteiger charge is 2.22. The highest BCUT2D eigenvalue weighted by Crippen LogP contribution is 2.19. The Hall–Kier alpha value is -3.42. The van der Waals surface area contributed by atoms with Gasteiger partial charge >= 0.3 is 5.97 Å². The lowest BCUT2D eigenvalue weighted by molar-refractivity contribution is -0.384. The first-order chi connectivity index (χ1) is 13.9. The van der Waals surface area contributed by atoms with E-state index in [4.69, 9.17) is 9.47 Å². The lowest BCUT2D eigenvalue weighted by Crippen LogP contribution is -2.38. The molecule has 1 amide bonds. The van der Waals surface area contributed by atoms with E-state index < -0.39 is 29.5 Å². The monoisotopic (exact) mass is 400 g/mol. The summed E-state index contributed by atoms with van der Waals surface area (Å²) in [5, 5.41) is 13.5. The first-order valence-corrected chi connectivity index (χ1v) is 9.32. The van der Waals surface area contributed by atoms with Crippen LogP contribution in [0.4, 0.5) is 5.69 Å². The van der Waals surface area contributed by atoms with Gasteiger partial charge in [0, 0.05) is 12.1 Å². The van der Waals surface area contributed by atoms with Crippen LogP contribution in [0.2, 0.25) is 0 Å². The minimum Gasteiger partial charge on any atom is -0.482 e. The van der Waals surface area contributed by atoms with Crippen LogP contribution in [0, 0.1) is 10.1 Å². The predicted molar refractivity (Wildman–Crippen MR) is 106 cm³/mol. The minimum absolute atomic E-state index is 0.0785. The van der Waals surface area contributed by atoms with Crippen LogP contribution < -0.4 is 10.1 Å². The number of non-ortho nitro benzene ring substituents is 1. The van der Waals surface area contributed by atoms with Gasteiger partial charge in [-0.1, -0.05) is 43.7 Å². The van der Waals surface area contributed by atoms with Gasteiger partial charge in [-0.25, -0.2) is 4.79 Å². The molecular weight excluding hydrogens is 376 g/mol. The van der Waals surface area contributed by atoms with E-state index in [-0.39, 0.29) is 17.5 Å². The molecule has 2 rings (SSSR count). The van der Waals surface area contributed by atoms with Crippen molar-refractivity contribution >= 4 is 17.6 Å². The van der Waals surface area contributed by atoms with Crippen LogP contribution in [0.1, 0.15) is 38.3 Å². The zero-order valence-corrected chi connectivity index (χ0v) is 16.4. The van der Waals surface area contributed by atoms with E-state index in [1.54, 1.807) is 0 Å². The summed E-state index contributed by atoms with van der Waals surface area (Å²) >= 11 is 0. The van der Waals surface area contributed by atoms with Crippen molar-refractivity contribution in [2.24, 2.45) is 0 Å². The maximum Gasteiger partial charge on any atom is 0.344 e. The molecule has 0 saturated heterocycles. The molecule has 2 aromatic rings. The molecule has 8 nitrogen and oxygen atoms in total. The zero-order chi connectivity index (χ0) is 21.2. The second-order valence-corrected chi connectivity index (χ2v) is 6.43. The average Bonchev–Trinajstić information content (AvgIpc) is 2.72. The van der Waals surface area contributed by atoms with Crippen molar-refractivity contribution in [2.45, 2.75) is 38.8 Å². The summed E-state index contributed by atoms with van der Waals surface area (Å²) in [5.74, 6) is -0.814. The summed E-state index contributed by atoms with van der Waals surface area (Å²) in [7, 11) is 0. The number of nitrogens with one attached hydrogen (secondary N) is 1. The van der Waals surface area contributed by atoms with Crippen LogP contribution >= 0.6 is 0 Å². The fourth-order valence-corrected chi connectivity index (χ4v) is 2.68. The van der Waals surface area contributed by atoms with Crippen LogP contribution in [0.15, 0.2) is 54.6 Å². The summed E-state index contributed by atoms with van der Waals surface area (Å²) in [6, 6.07) is 14.8. The van der Waals surface area contributed by atoms with Crippen molar-refractivity contribution in [3.05, 3.63) is 70.3 Å². The Balaban J connectivity index is 1.84. The van der Waals surface area contributed by atoms with E-state index in [9.17, 15) is 19.7 Å². The maximum absolute atomic E-state index is 12.4. The topological polar surface area (TPSA) is 108 Å². The summed E-state index contributed by atoms with van der Waals surface area (Å²) in [6.07, 6.45) is 0.669. The Morgan fingerprint density at radius 1 is 1.10 bits per heavy atom. The Bertz CT molecular complexity index is 823. The number of nitrogens with zero attached hydrogens (tertiary/aromatic N) is 1. The Labute approximate surface area is 169 Å². The predicted octanol–water partition coefficient (Wildman–Crippen LogP) is 3.56. The average molecular weight is 400 g/mol. The van der Waals surface area contributed by atoms with E-state index in [0.717, 1.165) is 18.4 Å². The van der Waals surface area contributed by atoms with Gasteiger partial charge in [0.2, 0.25) is 0 Å². The standard InChI is InChI=1S/C21H24N2O6/c1-3-7-19(16-8-5-4-6-9-16)22-21(25)15(2)29-20(24)14-28-18-12-10-17(11-13-18)23(26)27/h4-6,8-13,15,19H,3,7,14H2,1-2H3,(H,22,25)/t15-,19+/m1/s1. The number of nitro benzene ring substituents is 1. The van der Waals surface area contributed by atoms with Gasteiger partial charge in [-0.15, -0.1) is 0 Å². The molecule has 0 radical (unpaired) electrons. The second-order valence-electron chi connectivity index (χ2n) is 6.43. The van der Waals surface area contributed by atoms with E-state index in [1.165, 1.54) is 31.2 Å². The van der Waals surface area contributed by atoms with Gasteiger partial charge in [0.05, 0.1) is 11.0 Å². The molecule has 0 spiro atoms. The first-order valence-electron chi connectivity index (χ1n) is 9.32. The van der Waals surface area contributed by atoms with Crippen LogP contribution in [-0.2, 0) is 14.3 Å². The zero-order valence-electron chi connectivity index (χ0n) is 16.4. The van der Waals surface area contributed by atoms with Crippen LogP contribution in [0.3, 0.4) is 0 Å². The van der Waals surface area contributed by atoms with Gasteiger partial charge in [0.25, 0.3) is 11.6 Å². The molecule has 154 valence electrons. The molecular formula is C21H24N2O6. The van der Waals surface area contributed by atoms with Crippen molar-refractivity contribution in [2.75, 3.05) is 6.61 Å². The summed E-state index contributed by atoms with van der Waals surface area (Å²) < 4.78 is 10.4. The molecule has 0 saturated carbocycles. The molecule has 0 aromatic heterocycles. The van der Waals surface area contributed by atoms with Crippen LogP contribution in [-0.4, -0.2) is 29.5 Å². The first kappa shape index (κ1) is 21.9. The van der Waals surface area contributed by atoms with E-state index in [1.807, 2.05) is 37.3 Å². The third-order valence-electron chi connectivity index (χ3n) is 4.18. The number of ether oxygens (including phenoxy) is 2. The molecule has 2 aromatic carbocycles. The Kier molecular flexibility index (Phi) is 8.14. The molecule has 0 aliphatic heterocycles. The Morgan fingerprint density at radius 3 is 2.34 bits per heavy atom. The van der Waals surface area contributed by atoms with E-state index in [2.05, 4.69) is 5.32 Å². The molecule has 1 N–H and O–H groups in total. The number of amides is 1. The number of carbonyl (C=O) groups excluding carboxylic acids is 2. The number of benzene rings is 2. The number of nitro groups is 1. The molecule has 2 atom stereocenters. The number of rotatable bonds is 10. The SMILES string of the molecule is CCC[C@H](NC(=O)[C@@H](C)OC(=O)COc1ccc([N+](=O)[O-])cc1)c1ccccc1. The van der Waals surface area contributed by atoms with Crippen LogP contribution in [0.5, 0.6) is 5.75 Å². The lowest BCUT2D eigenvalue weighted by atomic mass is 10.0. The van der Waals surface area contributed by atoms with Gasteiger partial charge in [-0.05, 0) is 31.0 Å². The lowest BCUT2D eigenvalue weighted by Gasteiger charge is -2.21. The number of carbonyl (C=O) groups is 2. The quantitative estimate of drug-likeness (QED) is 0.371. The molecule has 0 aliphatic carbocycles. The number of esters is 1. The van der Waals surface area contributed by atoms with Crippen molar-refractivity contribution in [3.8, 4) is 5.75 Å². The van der Waals surface area contributed by atoms with Gasteiger partial charge in [0.1, 0.15) is 5.75 Å². The third kappa shape index (κ3) is 6.91. The normalized spacial score (nSPS) is 12.5. The summed E-state index contributed by atoms with van der Waals surface area (Å²) in [6.45, 7) is 3.11. The van der Waals surface area contributed by atoms with Crippen molar-refractivity contribution in [1.82, 2.24) is 5.32 Å². The van der Waals surface area contributed by atoms with Crippen LogP contribution in [0.25, 0.3) is 0 Å². The molecule has 0 unspecified atom stereocenters. The number of hydrogen-bond donors (Lipinski definition) is 1. The molecule has 0 fully saturated rings. The second kappa shape index (κ2) is 10.8. The number of hydrogen-bond acceptors (Lipinski definition) is 6. The molecule has 29 heavy (non-hydrogen) atoms.